The molecular formula is C12H19ClN2O2. The van der Waals surface area contributed by atoms with E-state index in [1.54, 1.807) is 0 Å². The van der Waals surface area contributed by atoms with E-state index in [-0.39, 0.29) is 24.9 Å². The molecule has 0 spiro atoms. The van der Waals surface area contributed by atoms with Crippen LogP contribution in [0.1, 0.15) is 11.1 Å². The number of ether oxygens (including phenoxy) is 1. The number of rotatable bonds is 5. The summed E-state index contributed by atoms with van der Waals surface area (Å²) in [6.07, 6.45) is -0.566. The van der Waals surface area contributed by atoms with E-state index in [0.717, 1.165) is 11.1 Å². The van der Waals surface area contributed by atoms with Gasteiger partial charge in [-0.2, -0.15) is 0 Å². The summed E-state index contributed by atoms with van der Waals surface area (Å²) >= 11 is 0. The molecule has 0 aliphatic heterocycles. The Balaban J connectivity index is 0.00000256. The van der Waals surface area contributed by atoms with Crippen LogP contribution >= 0.6 is 12.4 Å². The van der Waals surface area contributed by atoms with Crippen molar-refractivity contribution in [2.45, 2.75) is 19.6 Å². The Morgan fingerprint density at radius 1 is 1.47 bits per heavy atom. The first kappa shape index (κ1) is 15.9. The number of nitrogens with one attached hydrogen (secondary N) is 1. The Kier molecular flexibility index (Phi) is 7.54. The zero-order chi connectivity index (χ0) is 12.0. The van der Waals surface area contributed by atoms with Crippen LogP contribution in [0.5, 0.6) is 0 Å². The minimum atomic E-state index is -0.566. The predicted molar refractivity (Wildman–Crippen MR) is 70.1 cm³/mol. The van der Waals surface area contributed by atoms with E-state index in [1.807, 2.05) is 31.2 Å². The molecule has 0 fully saturated rings. The molecule has 1 aromatic rings. The molecule has 1 aromatic carbocycles. The van der Waals surface area contributed by atoms with Crippen molar-refractivity contribution in [2.75, 3.05) is 13.7 Å². The molecule has 1 rings (SSSR count). The highest BCUT2D eigenvalue weighted by Crippen LogP contribution is 2.06. The molecule has 1 unspecified atom stereocenters. The van der Waals surface area contributed by atoms with Gasteiger partial charge in [0, 0.05) is 20.2 Å². The van der Waals surface area contributed by atoms with Crippen LogP contribution in [0.3, 0.4) is 0 Å². The van der Waals surface area contributed by atoms with Gasteiger partial charge in [-0.3, -0.25) is 4.79 Å². The van der Waals surface area contributed by atoms with Crippen LogP contribution < -0.4 is 11.1 Å². The smallest absolute Gasteiger partial charge is 0.250 e. The van der Waals surface area contributed by atoms with Crippen LogP contribution in [0.4, 0.5) is 0 Å². The molecule has 17 heavy (non-hydrogen) atoms. The normalized spacial score (nSPS) is 11.5. The van der Waals surface area contributed by atoms with Gasteiger partial charge in [0.15, 0.2) is 0 Å². The highest BCUT2D eigenvalue weighted by atomic mass is 35.5. The Morgan fingerprint density at radius 2 is 2.12 bits per heavy atom. The predicted octanol–water partition coefficient (Wildman–Crippen LogP) is 1.01. The number of carbonyl (C=O) groups excluding carboxylic acids is 1. The van der Waals surface area contributed by atoms with Crippen molar-refractivity contribution in [1.82, 2.24) is 5.32 Å². The molecule has 0 aliphatic carbocycles. The van der Waals surface area contributed by atoms with Crippen molar-refractivity contribution in [2.24, 2.45) is 5.73 Å². The molecular weight excluding hydrogens is 240 g/mol. The van der Waals surface area contributed by atoms with Crippen molar-refractivity contribution >= 4 is 18.3 Å². The van der Waals surface area contributed by atoms with Gasteiger partial charge in [0.25, 0.3) is 5.91 Å². The Hall–Kier alpha value is -1.10. The molecule has 0 saturated heterocycles. The molecule has 1 atom stereocenters. The number of halogens is 1. The van der Waals surface area contributed by atoms with E-state index in [9.17, 15) is 4.79 Å². The van der Waals surface area contributed by atoms with Gasteiger partial charge in [0.2, 0.25) is 0 Å². The number of carbonyl (C=O) groups is 1. The van der Waals surface area contributed by atoms with Gasteiger partial charge in [-0.05, 0) is 18.1 Å². The van der Waals surface area contributed by atoms with Gasteiger partial charge in [0.1, 0.15) is 6.10 Å². The average molecular weight is 259 g/mol. The highest BCUT2D eigenvalue weighted by Gasteiger charge is 2.14. The minimum Gasteiger partial charge on any atom is -0.370 e. The van der Waals surface area contributed by atoms with E-state index in [4.69, 9.17) is 10.5 Å². The number of hydrogen-bond acceptors (Lipinski definition) is 3. The van der Waals surface area contributed by atoms with Crippen molar-refractivity contribution in [3.8, 4) is 0 Å². The van der Waals surface area contributed by atoms with Gasteiger partial charge in [-0.15, -0.1) is 12.4 Å². The van der Waals surface area contributed by atoms with Gasteiger partial charge in [-0.25, -0.2) is 0 Å². The fourth-order valence-corrected chi connectivity index (χ4v) is 1.41. The van der Waals surface area contributed by atoms with Gasteiger partial charge in [0.05, 0.1) is 0 Å². The molecule has 4 nitrogen and oxygen atoms in total. The van der Waals surface area contributed by atoms with Crippen LogP contribution in [0, 0.1) is 6.92 Å². The van der Waals surface area contributed by atoms with Crippen LogP contribution in [0.15, 0.2) is 24.3 Å². The third kappa shape index (κ3) is 4.73. The third-order valence-corrected chi connectivity index (χ3v) is 2.51. The molecule has 0 aliphatic rings. The SMILES string of the molecule is COC(CN)C(=O)NCc1ccccc1C.Cl. The number of aryl methyl sites for hydroxylation is 1. The molecule has 3 N–H and O–H groups in total. The van der Waals surface area contributed by atoms with E-state index in [0.29, 0.717) is 6.54 Å². The monoisotopic (exact) mass is 258 g/mol. The highest BCUT2D eigenvalue weighted by molar-refractivity contribution is 5.85. The molecule has 0 saturated carbocycles. The van der Waals surface area contributed by atoms with Crippen molar-refractivity contribution in [3.05, 3.63) is 35.4 Å². The van der Waals surface area contributed by atoms with Gasteiger partial charge >= 0.3 is 0 Å². The Bertz CT molecular complexity index is 354. The van der Waals surface area contributed by atoms with Crippen molar-refractivity contribution in [1.29, 1.82) is 0 Å². The van der Waals surface area contributed by atoms with E-state index >= 15 is 0 Å². The lowest BCUT2D eigenvalue weighted by Crippen LogP contribution is -2.40. The zero-order valence-electron chi connectivity index (χ0n) is 10.1. The maximum Gasteiger partial charge on any atom is 0.250 e. The minimum absolute atomic E-state index is 0. The second-order valence-corrected chi connectivity index (χ2v) is 3.60. The quantitative estimate of drug-likeness (QED) is 0.828. The Labute approximate surface area is 108 Å². The summed E-state index contributed by atoms with van der Waals surface area (Å²) in [6.45, 7) is 2.71. The van der Waals surface area contributed by atoms with E-state index in [2.05, 4.69) is 5.32 Å². The standard InChI is InChI=1S/C12H18N2O2.ClH/c1-9-5-3-4-6-10(9)8-14-12(15)11(7-13)16-2;/h3-6,11H,7-8,13H2,1-2H3,(H,14,15);1H. The number of benzene rings is 1. The molecule has 1 amide bonds. The first-order chi connectivity index (χ1) is 7.69. The lowest BCUT2D eigenvalue weighted by atomic mass is 10.1. The molecule has 96 valence electrons. The summed E-state index contributed by atoms with van der Waals surface area (Å²) in [4.78, 5) is 11.6. The fourth-order valence-electron chi connectivity index (χ4n) is 1.41. The number of amides is 1. The Morgan fingerprint density at radius 3 is 2.65 bits per heavy atom. The summed E-state index contributed by atoms with van der Waals surface area (Å²) in [6, 6.07) is 7.92. The molecule has 0 aromatic heterocycles. The molecule has 0 heterocycles. The largest absolute Gasteiger partial charge is 0.370 e. The molecule has 0 bridgehead atoms. The number of hydrogen-bond donors (Lipinski definition) is 2. The average Bonchev–Trinajstić information content (AvgIpc) is 2.29. The lowest BCUT2D eigenvalue weighted by Gasteiger charge is -2.13. The maximum atomic E-state index is 11.6. The number of nitrogens with two attached hydrogens (primary N) is 1. The second kappa shape index (κ2) is 8.06. The summed E-state index contributed by atoms with van der Waals surface area (Å²) in [5.74, 6) is -0.173. The van der Waals surface area contributed by atoms with Gasteiger partial charge < -0.3 is 15.8 Å². The maximum absolute atomic E-state index is 11.6. The van der Waals surface area contributed by atoms with Crippen LogP contribution in [-0.2, 0) is 16.1 Å². The van der Waals surface area contributed by atoms with Crippen molar-refractivity contribution < 1.29 is 9.53 Å². The van der Waals surface area contributed by atoms with E-state index in [1.165, 1.54) is 7.11 Å². The summed E-state index contributed by atoms with van der Waals surface area (Å²) in [5, 5.41) is 2.80. The summed E-state index contributed by atoms with van der Waals surface area (Å²) in [7, 11) is 1.48. The molecule has 5 heteroatoms. The summed E-state index contributed by atoms with van der Waals surface area (Å²) < 4.78 is 4.94. The summed E-state index contributed by atoms with van der Waals surface area (Å²) in [5.41, 5.74) is 7.65. The van der Waals surface area contributed by atoms with Crippen LogP contribution in [0.25, 0.3) is 0 Å². The van der Waals surface area contributed by atoms with Crippen LogP contribution in [0.2, 0.25) is 0 Å². The fraction of sp³-hybridized carbons (Fsp3) is 0.417. The third-order valence-electron chi connectivity index (χ3n) is 2.51. The molecule has 0 radical (unpaired) electrons. The van der Waals surface area contributed by atoms with Crippen molar-refractivity contribution in [3.63, 3.8) is 0 Å². The van der Waals surface area contributed by atoms with E-state index < -0.39 is 6.10 Å². The zero-order valence-corrected chi connectivity index (χ0v) is 10.9. The topological polar surface area (TPSA) is 64.3 Å². The number of methoxy groups -OCH3 is 1. The second-order valence-electron chi connectivity index (χ2n) is 3.60. The van der Waals surface area contributed by atoms with Gasteiger partial charge in [-0.1, -0.05) is 24.3 Å². The first-order valence-electron chi connectivity index (χ1n) is 5.24. The lowest BCUT2D eigenvalue weighted by molar-refractivity contribution is -0.130. The van der Waals surface area contributed by atoms with Crippen LogP contribution in [-0.4, -0.2) is 25.7 Å². The first-order valence-corrected chi connectivity index (χ1v) is 5.24.